The van der Waals surface area contributed by atoms with Gasteiger partial charge in [0, 0.05) is 25.4 Å². The lowest BCUT2D eigenvalue weighted by atomic mass is 10.2. The quantitative estimate of drug-likeness (QED) is 0.639. The molecule has 13 heavy (non-hydrogen) atoms. The fourth-order valence-corrected chi connectivity index (χ4v) is 1.06. The van der Waals surface area contributed by atoms with Crippen molar-refractivity contribution in [1.82, 2.24) is 9.78 Å². The monoisotopic (exact) mass is 183 g/mol. The SMILES string of the molecule is COC(=O)C(N)Cc1ccnn1C. The number of methoxy groups -OCH3 is 1. The molecule has 0 saturated carbocycles. The molecule has 1 unspecified atom stereocenters. The Labute approximate surface area is 76.5 Å². The van der Waals surface area contributed by atoms with E-state index in [1.54, 1.807) is 17.9 Å². The molecule has 0 amide bonds. The number of nitrogens with two attached hydrogens (primary N) is 1. The summed E-state index contributed by atoms with van der Waals surface area (Å²) in [5.41, 5.74) is 6.49. The minimum absolute atomic E-state index is 0.402. The van der Waals surface area contributed by atoms with Crippen LogP contribution in [0.2, 0.25) is 0 Å². The predicted molar refractivity (Wildman–Crippen MR) is 46.9 cm³/mol. The second kappa shape index (κ2) is 4.04. The van der Waals surface area contributed by atoms with Gasteiger partial charge in [-0.15, -0.1) is 0 Å². The van der Waals surface area contributed by atoms with Gasteiger partial charge in [0.25, 0.3) is 0 Å². The van der Waals surface area contributed by atoms with Gasteiger partial charge in [-0.1, -0.05) is 0 Å². The van der Waals surface area contributed by atoms with Crippen LogP contribution < -0.4 is 5.73 Å². The summed E-state index contributed by atoms with van der Waals surface area (Å²) in [6, 6.07) is 1.21. The van der Waals surface area contributed by atoms with Crippen LogP contribution in [0, 0.1) is 0 Å². The lowest BCUT2D eigenvalue weighted by molar-refractivity contribution is -0.142. The molecule has 0 saturated heterocycles. The maximum Gasteiger partial charge on any atom is 0.323 e. The van der Waals surface area contributed by atoms with Crippen molar-refractivity contribution in [1.29, 1.82) is 0 Å². The summed E-state index contributed by atoms with van der Waals surface area (Å²) in [4.78, 5) is 11.0. The predicted octanol–water partition coefficient (Wildman–Crippen LogP) is -0.537. The van der Waals surface area contributed by atoms with Crippen LogP contribution in [0.4, 0.5) is 0 Å². The molecular formula is C8H13N3O2. The number of hydrogen-bond donors (Lipinski definition) is 1. The van der Waals surface area contributed by atoms with Crippen molar-refractivity contribution in [2.45, 2.75) is 12.5 Å². The molecule has 2 N–H and O–H groups in total. The van der Waals surface area contributed by atoms with E-state index in [9.17, 15) is 4.79 Å². The maximum atomic E-state index is 11.0. The number of aromatic nitrogens is 2. The molecule has 1 heterocycles. The number of hydrogen-bond acceptors (Lipinski definition) is 4. The van der Waals surface area contributed by atoms with Gasteiger partial charge in [0.1, 0.15) is 6.04 Å². The van der Waals surface area contributed by atoms with E-state index in [4.69, 9.17) is 5.73 Å². The normalized spacial score (nSPS) is 12.5. The number of carbonyl (C=O) groups is 1. The molecule has 0 bridgehead atoms. The van der Waals surface area contributed by atoms with Gasteiger partial charge in [-0.3, -0.25) is 9.48 Å². The van der Waals surface area contributed by atoms with Crippen LogP contribution in [0.15, 0.2) is 12.3 Å². The van der Waals surface area contributed by atoms with E-state index < -0.39 is 12.0 Å². The lowest BCUT2D eigenvalue weighted by Crippen LogP contribution is -2.34. The summed E-state index contributed by atoms with van der Waals surface area (Å²) in [7, 11) is 3.13. The number of rotatable bonds is 3. The average molecular weight is 183 g/mol. The van der Waals surface area contributed by atoms with Gasteiger partial charge >= 0.3 is 5.97 Å². The van der Waals surface area contributed by atoms with Crippen molar-refractivity contribution in [2.75, 3.05) is 7.11 Å². The van der Waals surface area contributed by atoms with E-state index in [1.807, 2.05) is 6.07 Å². The largest absolute Gasteiger partial charge is 0.468 e. The van der Waals surface area contributed by atoms with E-state index in [1.165, 1.54) is 7.11 Å². The van der Waals surface area contributed by atoms with Crippen molar-refractivity contribution in [3.63, 3.8) is 0 Å². The first-order valence-corrected chi connectivity index (χ1v) is 3.95. The molecule has 72 valence electrons. The molecule has 0 aliphatic heterocycles. The van der Waals surface area contributed by atoms with E-state index >= 15 is 0 Å². The molecular weight excluding hydrogens is 170 g/mol. The first-order chi connectivity index (χ1) is 6.15. The van der Waals surface area contributed by atoms with Gasteiger partial charge in [0.15, 0.2) is 0 Å². The second-order valence-electron chi connectivity index (χ2n) is 2.78. The van der Waals surface area contributed by atoms with E-state index in [0.29, 0.717) is 6.42 Å². The molecule has 0 fully saturated rings. The summed E-state index contributed by atoms with van der Waals surface area (Å²) in [5, 5.41) is 3.96. The number of aryl methyl sites for hydroxylation is 1. The highest BCUT2D eigenvalue weighted by molar-refractivity contribution is 5.75. The highest BCUT2D eigenvalue weighted by Crippen LogP contribution is 2.00. The second-order valence-corrected chi connectivity index (χ2v) is 2.78. The van der Waals surface area contributed by atoms with Crippen molar-refractivity contribution < 1.29 is 9.53 Å². The minimum atomic E-state index is -0.611. The number of esters is 1. The zero-order valence-corrected chi connectivity index (χ0v) is 7.73. The summed E-state index contributed by atoms with van der Waals surface area (Å²) < 4.78 is 6.19. The van der Waals surface area contributed by atoms with Crippen LogP contribution in [0.25, 0.3) is 0 Å². The standard InChI is InChI=1S/C8H13N3O2/c1-11-6(3-4-10-11)5-7(9)8(12)13-2/h3-4,7H,5,9H2,1-2H3. The van der Waals surface area contributed by atoms with E-state index in [0.717, 1.165) is 5.69 Å². The van der Waals surface area contributed by atoms with Crippen LogP contribution in [0.3, 0.4) is 0 Å². The van der Waals surface area contributed by atoms with Gasteiger partial charge in [-0.05, 0) is 6.07 Å². The van der Waals surface area contributed by atoms with Gasteiger partial charge in [-0.2, -0.15) is 5.10 Å². The molecule has 1 aromatic rings. The van der Waals surface area contributed by atoms with Gasteiger partial charge < -0.3 is 10.5 Å². The molecule has 1 rings (SSSR count). The molecule has 0 radical (unpaired) electrons. The zero-order valence-electron chi connectivity index (χ0n) is 7.73. The Morgan fingerprint density at radius 2 is 2.54 bits per heavy atom. The highest BCUT2D eigenvalue weighted by Gasteiger charge is 2.15. The first kappa shape index (κ1) is 9.73. The summed E-state index contributed by atoms with van der Waals surface area (Å²) in [5.74, 6) is -0.402. The van der Waals surface area contributed by atoms with Crippen molar-refractivity contribution in [3.8, 4) is 0 Å². The number of nitrogens with zero attached hydrogens (tertiary/aromatic N) is 2. The smallest absolute Gasteiger partial charge is 0.323 e. The molecule has 0 spiro atoms. The van der Waals surface area contributed by atoms with Crippen LogP contribution in [0.1, 0.15) is 5.69 Å². The third-order valence-electron chi connectivity index (χ3n) is 1.86. The van der Waals surface area contributed by atoms with E-state index in [-0.39, 0.29) is 0 Å². The molecule has 0 aliphatic carbocycles. The van der Waals surface area contributed by atoms with Crippen LogP contribution >= 0.6 is 0 Å². The molecule has 5 heteroatoms. The van der Waals surface area contributed by atoms with Crippen molar-refractivity contribution in [2.24, 2.45) is 12.8 Å². The maximum absolute atomic E-state index is 11.0. The zero-order chi connectivity index (χ0) is 9.84. The summed E-state index contributed by atoms with van der Waals surface area (Å²) >= 11 is 0. The molecule has 0 aromatic carbocycles. The van der Waals surface area contributed by atoms with Crippen LogP contribution in [-0.4, -0.2) is 28.9 Å². The Morgan fingerprint density at radius 3 is 3.00 bits per heavy atom. The Bertz CT molecular complexity index is 295. The lowest BCUT2D eigenvalue weighted by Gasteiger charge is -2.08. The average Bonchev–Trinajstić information content (AvgIpc) is 2.50. The Balaban J connectivity index is 2.59. The van der Waals surface area contributed by atoms with Gasteiger partial charge in [0.2, 0.25) is 0 Å². The topological polar surface area (TPSA) is 70.1 Å². The Morgan fingerprint density at radius 1 is 1.85 bits per heavy atom. The third-order valence-corrected chi connectivity index (χ3v) is 1.86. The summed E-state index contributed by atoms with van der Waals surface area (Å²) in [6.07, 6.45) is 2.11. The fourth-order valence-electron chi connectivity index (χ4n) is 1.06. The molecule has 1 aromatic heterocycles. The van der Waals surface area contributed by atoms with Crippen molar-refractivity contribution in [3.05, 3.63) is 18.0 Å². The van der Waals surface area contributed by atoms with Crippen molar-refractivity contribution >= 4 is 5.97 Å². The van der Waals surface area contributed by atoms with Gasteiger partial charge in [-0.25, -0.2) is 0 Å². The Kier molecular flexibility index (Phi) is 3.02. The third kappa shape index (κ3) is 2.29. The fraction of sp³-hybridized carbons (Fsp3) is 0.500. The minimum Gasteiger partial charge on any atom is -0.468 e. The number of carbonyl (C=O) groups excluding carboxylic acids is 1. The highest BCUT2D eigenvalue weighted by atomic mass is 16.5. The molecule has 0 aliphatic rings. The van der Waals surface area contributed by atoms with Gasteiger partial charge in [0.05, 0.1) is 7.11 Å². The van der Waals surface area contributed by atoms with E-state index in [2.05, 4.69) is 9.84 Å². The van der Waals surface area contributed by atoms with Crippen LogP contribution in [-0.2, 0) is 23.0 Å². The van der Waals surface area contributed by atoms with Crippen LogP contribution in [0.5, 0.6) is 0 Å². The Hall–Kier alpha value is -1.36. The number of ether oxygens (including phenoxy) is 1. The molecule has 1 atom stereocenters. The summed E-state index contributed by atoms with van der Waals surface area (Å²) in [6.45, 7) is 0. The first-order valence-electron chi connectivity index (χ1n) is 3.95. The molecule has 5 nitrogen and oxygen atoms in total.